The molecule has 1 aromatic heterocycles. The summed E-state index contributed by atoms with van der Waals surface area (Å²) in [6, 6.07) is 5.86. The van der Waals surface area contributed by atoms with Crippen LogP contribution in [-0.2, 0) is 6.54 Å². The first-order valence-corrected chi connectivity index (χ1v) is 7.92. The van der Waals surface area contributed by atoms with Crippen LogP contribution in [-0.4, -0.2) is 30.2 Å². The number of hydrogen-bond donors (Lipinski definition) is 2. The van der Waals surface area contributed by atoms with Crippen LogP contribution in [0.2, 0.25) is 0 Å². The average Bonchev–Trinajstić information content (AvgIpc) is 3.00. The van der Waals surface area contributed by atoms with Crippen molar-refractivity contribution < 1.29 is 0 Å². The molecule has 0 aliphatic heterocycles. The number of aliphatic imine (C=N–C) groups is 1. The van der Waals surface area contributed by atoms with Crippen LogP contribution >= 0.6 is 0 Å². The van der Waals surface area contributed by atoms with E-state index >= 15 is 0 Å². The number of unbranched alkanes of at least 4 members (excludes halogenated alkanes) is 1. The smallest absolute Gasteiger partial charge is 0.250 e. The maximum absolute atomic E-state index is 11.5. The van der Waals surface area contributed by atoms with Crippen molar-refractivity contribution in [3.8, 4) is 0 Å². The molecule has 0 unspecified atom stereocenters. The molecule has 0 aromatic carbocycles. The van der Waals surface area contributed by atoms with Crippen molar-refractivity contribution in [1.29, 1.82) is 0 Å². The molecule has 0 spiro atoms. The highest BCUT2D eigenvalue weighted by atomic mass is 16.1. The molecule has 5 heteroatoms. The Morgan fingerprint density at radius 1 is 1.33 bits per heavy atom. The molecular formula is C16H26N4O. The maximum atomic E-state index is 11.5. The fourth-order valence-electron chi connectivity index (χ4n) is 2.72. The third-order valence-electron chi connectivity index (χ3n) is 3.94. The minimum Gasteiger partial charge on any atom is -0.356 e. The normalized spacial score (nSPS) is 16.1. The first-order valence-electron chi connectivity index (χ1n) is 7.92. The molecule has 2 N–H and O–H groups in total. The van der Waals surface area contributed by atoms with Gasteiger partial charge in [0.25, 0.3) is 0 Å². The predicted octanol–water partition coefficient (Wildman–Crippen LogP) is 1.74. The minimum atomic E-state index is 0.0733. The molecule has 1 aliphatic rings. The summed E-state index contributed by atoms with van der Waals surface area (Å²) in [4.78, 5) is 15.8. The van der Waals surface area contributed by atoms with E-state index in [4.69, 9.17) is 0 Å². The summed E-state index contributed by atoms with van der Waals surface area (Å²) in [6.45, 7) is 1.66. The fourth-order valence-corrected chi connectivity index (χ4v) is 2.72. The number of guanidine groups is 1. The van der Waals surface area contributed by atoms with Gasteiger partial charge in [-0.05, 0) is 31.7 Å². The molecule has 1 fully saturated rings. The Labute approximate surface area is 126 Å². The summed E-state index contributed by atoms with van der Waals surface area (Å²) < 4.78 is 1.76. The molecule has 1 aliphatic carbocycles. The highest BCUT2D eigenvalue weighted by molar-refractivity contribution is 5.79. The molecule has 0 saturated heterocycles. The minimum absolute atomic E-state index is 0.0733. The zero-order valence-corrected chi connectivity index (χ0v) is 12.8. The summed E-state index contributed by atoms with van der Waals surface area (Å²) in [5.41, 5.74) is 0.0733. The van der Waals surface area contributed by atoms with Gasteiger partial charge < -0.3 is 15.2 Å². The molecule has 116 valence electrons. The van der Waals surface area contributed by atoms with Crippen molar-refractivity contribution >= 4 is 5.96 Å². The maximum Gasteiger partial charge on any atom is 0.250 e. The van der Waals surface area contributed by atoms with Gasteiger partial charge in [0.15, 0.2) is 5.96 Å². The van der Waals surface area contributed by atoms with Crippen LogP contribution in [0.4, 0.5) is 0 Å². The van der Waals surface area contributed by atoms with Gasteiger partial charge in [0.05, 0.1) is 0 Å². The molecule has 1 aromatic rings. The van der Waals surface area contributed by atoms with E-state index in [9.17, 15) is 4.79 Å². The SMILES string of the molecule is CN=C(NCCCCn1ccccc1=O)NC1CCCC1. The Hall–Kier alpha value is -1.78. The van der Waals surface area contributed by atoms with Gasteiger partial charge >= 0.3 is 0 Å². The quantitative estimate of drug-likeness (QED) is 0.476. The average molecular weight is 290 g/mol. The Kier molecular flexibility index (Phi) is 6.31. The third kappa shape index (κ3) is 5.25. The van der Waals surface area contributed by atoms with Crippen molar-refractivity contribution in [3.05, 3.63) is 34.7 Å². The second kappa shape index (κ2) is 8.49. The van der Waals surface area contributed by atoms with E-state index in [2.05, 4.69) is 15.6 Å². The van der Waals surface area contributed by atoms with Gasteiger partial charge in [-0.3, -0.25) is 9.79 Å². The molecule has 1 heterocycles. The number of nitrogens with one attached hydrogen (secondary N) is 2. The van der Waals surface area contributed by atoms with Crippen molar-refractivity contribution in [3.63, 3.8) is 0 Å². The number of hydrogen-bond acceptors (Lipinski definition) is 2. The van der Waals surface area contributed by atoms with Crippen molar-refractivity contribution in [2.45, 2.75) is 51.1 Å². The molecular weight excluding hydrogens is 264 g/mol. The lowest BCUT2D eigenvalue weighted by molar-refractivity contribution is 0.575. The molecule has 1 saturated carbocycles. The van der Waals surface area contributed by atoms with Crippen molar-refractivity contribution in [2.24, 2.45) is 4.99 Å². The molecule has 0 amide bonds. The van der Waals surface area contributed by atoms with Gasteiger partial charge in [0.1, 0.15) is 0 Å². The summed E-state index contributed by atoms with van der Waals surface area (Å²) in [5.74, 6) is 0.902. The number of pyridine rings is 1. The molecule has 21 heavy (non-hydrogen) atoms. The molecule has 5 nitrogen and oxygen atoms in total. The Bertz CT molecular complexity index is 503. The van der Waals surface area contributed by atoms with Crippen LogP contribution < -0.4 is 16.2 Å². The lowest BCUT2D eigenvalue weighted by Gasteiger charge is -2.16. The summed E-state index contributed by atoms with van der Waals surface area (Å²) >= 11 is 0. The predicted molar refractivity (Wildman–Crippen MR) is 86.7 cm³/mol. The highest BCUT2D eigenvalue weighted by Gasteiger charge is 2.15. The Morgan fingerprint density at radius 3 is 2.86 bits per heavy atom. The van der Waals surface area contributed by atoms with Crippen molar-refractivity contribution in [2.75, 3.05) is 13.6 Å². The third-order valence-corrected chi connectivity index (χ3v) is 3.94. The number of rotatable bonds is 6. The Balaban J connectivity index is 1.62. The monoisotopic (exact) mass is 290 g/mol. The van der Waals surface area contributed by atoms with E-state index in [-0.39, 0.29) is 5.56 Å². The lowest BCUT2D eigenvalue weighted by atomic mass is 10.2. The molecule has 2 rings (SSSR count). The Morgan fingerprint density at radius 2 is 2.14 bits per heavy atom. The van der Waals surface area contributed by atoms with E-state index < -0.39 is 0 Å². The zero-order chi connectivity index (χ0) is 14.9. The van der Waals surface area contributed by atoms with E-state index in [1.807, 2.05) is 19.3 Å². The first-order chi connectivity index (χ1) is 10.3. The summed E-state index contributed by atoms with van der Waals surface area (Å²) in [5, 5.41) is 6.82. The van der Waals surface area contributed by atoms with Gasteiger partial charge in [0.2, 0.25) is 5.56 Å². The second-order valence-electron chi connectivity index (χ2n) is 5.56. The number of aromatic nitrogens is 1. The van der Waals surface area contributed by atoms with Crippen molar-refractivity contribution in [1.82, 2.24) is 15.2 Å². The van der Waals surface area contributed by atoms with Gasteiger partial charge in [-0.25, -0.2) is 0 Å². The fraction of sp³-hybridized carbons (Fsp3) is 0.625. The van der Waals surface area contributed by atoms with Crippen LogP contribution in [0.25, 0.3) is 0 Å². The topological polar surface area (TPSA) is 58.4 Å². The number of aryl methyl sites for hydroxylation is 1. The molecule has 0 radical (unpaired) electrons. The van der Waals surface area contributed by atoms with Gasteiger partial charge in [-0.2, -0.15) is 0 Å². The summed E-state index contributed by atoms with van der Waals surface area (Å²) in [6.07, 6.45) is 8.98. The van der Waals surface area contributed by atoms with Crippen LogP contribution in [0.1, 0.15) is 38.5 Å². The standard InChI is InChI=1S/C16H26N4O/c1-17-16(19-14-8-2-3-9-14)18-11-5-7-13-20-12-6-4-10-15(20)21/h4,6,10,12,14H,2-3,5,7-9,11,13H2,1H3,(H2,17,18,19). The molecule has 0 atom stereocenters. The van der Waals surface area contributed by atoms with Crippen LogP contribution in [0.3, 0.4) is 0 Å². The van der Waals surface area contributed by atoms with E-state index in [0.29, 0.717) is 6.04 Å². The molecule has 0 bridgehead atoms. The first kappa shape index (κ1) is 15.6. The summed E-state index contributed by atoms with van der Waals surface area (Å²) in [7, 11) is 1.81. The van der Waals surface area contributed by atoms with Gasteiger partial charge in [0, 0.05) is 38.4 Å². The largest absolute Gasteiger partial charge is 0.356 e. The van der Waals surface area contributed by atoms with Gasteiger partial charge in [-0.1, -0.05) is 18.9 Å². The second-order valence-corrected chi connectivity index (χ2v) is 5.56. The highest BCUT2D eigenvalue weighted by Crippen LogP contribution is 2.17. The number of nitrogens with zero attached hydrogens (tertiary/aromatic N) is 2. The van der Waals surface area contributed by atoms with Crippen LogP contribution in [0.15, 0.2) is 34.2 Å². The van der Waals surface area contributed by atoms with Crippen LogP contribution in [0.5, 0.6) is 0 Å². The van der Waals surface area contributed by atoms with E-state index in [1.54, 1.807) is 16.7 Å². The zero-order valence-electron chi connectivity index (χ0n) is 12.8. The van der Waals surface area contributed by atoms with Gasteiger partial charge in [-0.15, -0.1) is 0 Å². The van der Waals surface area contributed by atoms with E-state index in [1.165, 1.54) is 25.7 Å². The van der Waals surface area contributed by atoms with Crippen LogP contribution in [0, 0.1) is 0 Å². The van der Waals surface area contributed by atoms with E-state index in [0.717, 1.165) is 31.9 Å². The lowest BCUT2D eigenvalue weighted by Crippen LogP contribution is -2.42.